The molecule has 0 atom stereocenters. The fourth-order valence-electron chi connectivity index (χ4n) is 3.82. The number of esters is 1. The van der Waals surface area contributed by atoms with Crippen molar-refractivity contribution in [1.82, 2.24) is 14.5 Å². The molecule has 0 radical (unpaired) electrons. The molecule has 4 rings (SSSR count). The van der Waals surface area contributed by atoms with E-state index < -0.39 is 5.60 Å². The normalized spacial score (nSPS) is 11.7. The topological polar surface area (TPSA) is 74.1 Å². The first-order chi connectivity index (χ1) is 16.6. The number of benzene rings is 2. The summed E-state index contributed by atoms with van der Waals surface area (Å²) in [5.41, 5.74) is 2.24. The van der Waals surface area contributed by atoms with Crippen molar-refractivity contribution in [2.75, 3.05) is 0 Å². The molecule has 35 heavy (non-hydrogen) atoms. The predicted molar refractivity (Wildman–Crippen MR) is 137 cm³/mol. The molecule has 0 fully saturated rings. The molecule has 2 aromatic carbocycles. The van der Waals surface area contributed by atoms with E-state index in [0.717, 1.165) is 16.3 Å². The van der Waals surface area contributed by atoms with E-state index in [1.54, 1.807) is 29.5 Å². The molecule has 2 heterocycles. The summed E-state index contributed by atoms with van der Waals surface area (Å²) in [6.45, 7) is 7.46. The number of carbonyl (C=O) groups is 1. The standard InChI is InChI=1S/C27H28FN3O3S/c1-17-16-35-25(29-17)18-9-14-21-22(15-18)30-23(7-5-6-8-24(32)34-27(2,3)4)31(26(21)33)20-12-10-19(28)11-13-20/h9-16H,5-8H2,1-4H3. The van der Waals surface area contributed by atoms with Gasteiger partial charge in [-0.25, -0.2) is 14.4 Å². The smallest absolute Gasteiger partial charge is 0.306 e. The van der Waals surface area contributed by atoms with Crippen LogP contribution in [-0.4, -0.2) is 26.1 Å². The second-order valence-electron chi connectivity index (χ2n) is 9.46. The van der Waals surface area contributed by atoms with Gasteiger partial charge in [-0.3, -0.25) is 14.2 Å². The lowest BCUT2D eigenvalue weighted by atomic mass is 10.1. The second-order valence-corrected chi connectivity index (χ2v) is 10.3. The highest BCUT2D eigenvalue weighted by Gasteiger charge is 2.17. The van der Waals surface area contributed by atoms with Crippen LogP contribution >= 0.6 is 11.3 Å². The molecule has 0 aliphatic rings. The summed E-state index contributed by atoms with van der Waals surface area (Å²) in [5, 5.41) is 3.33. The number of nitrogens with zero attached hydrogens (tertiary/aromatic N) is 3. The van der Waals surface area contributed by atoms with E-state index in [2.05, 4.69) is 4.98 Å². The van der Waals surface area contributed by atoms with Crippen molar-refractivity contribution in [3.05, 3.63) is 75.5 Å². The highest BCUT2D eigenvalue weighted by Crippen LogP contribution is 2.26. The average molecular weight is 494 g/mol. The van der Waals surface area contributed by atoms with Gasteiger partial charge in [0.2, 0.25) is 0 Å². The van der Waals surface area contributed by atoms with E-state index >= 15 is 0 Å². The van der Waals surface area contributed by atoms with Gasteiger partial charge in [-0.2, -0.15) is 0 Å². The summed E-state index contributed by atoms with van der Waals surface area (Å²) in [7, 11) is 0. The zero-order valence-corrected chi connectivity index (χ0v) is 21.1. The molecule has 0 saturated heterocycles. The molecule has 0 spiro atoms. The number of aromatic nitrogens is 3. The van der Waals surface area contributed by atoms with Crippen LogP contribution in [0.15, 0.2) is 52.6 Å². The average Bonchev–Trinajstić information content (AvgIpc) is 3.22. The van der Waals surface area contributed by atoms with Gasteiger partial charge < -0.3 is 4.74 Å². The number of aryl methyl sites for hydroxylation is 2. The number of ether oxygens (including phenoxy) is 1. The molecule has 4 aromatic rings. The molecule has 2 aromatic heterocycles. The largest absolute Gasteiger partial charge is 0.460 e. The predicted octanol–water partition coefficient (Wildman–Crippen LogP) is 6.01. The molecule has 0 saturated carbocycles. The van der Waals surface area contributed by atoms with E-state index in [4.69, 9.17) is 9.72 Å². The van der Waals surface area contributed by atoms with Crippen LogP contribution in [0.2, 0.25) is 0 Å². The number of carbonyl (C=O) groups excluding carboxylic acids is 1. The zero-order chi connectivity index (χ0) is 25.2. The Labute approximate surface area is 207 Å². The number of thiazole rings is 1. The van der Waals surface area contributed by atoms with Crippen molar-refractivity contribution < 1.29 is 13.9 Å². The van der Waals surface area contributed by atoms with E-state index in [9.17, 15) is 14.0 Å². The van der Waals surface area contributed by atoms with E-state index in [1.165, 1.54) is 16.7 Å². The van der Waals surface area contributed by atoms with Gasteiger partial charge in [0, 0.05) is 29.5 Å². The van der Waals surface area contributed by atoms with E-state index in [-0.39, 0.29) is 17.3 Å². The fourth-order valence-corrected chi connectivity index (χ4v) is 4.62. The summed E-state index contributed by atoms with van der Waals surface area (Å²) >= 11 is 1.54. The molecule has 0 aliphatic carbocycles. The highest BCUT2D eigenvalue weighted by atomic mass is 32.1. The Balaban J connectivity index is 1.67. The van der Waals surface area contributed by atoms with Gasteiger partial charge in [0.25, 0.3) is 5.56 Å². The van der Waals surface area contributed by atoms with Crippen LogP contribution in [0.4, 0.5) is 4.39 Å². The third-order valence-corrected chi connectivity index (χ3v) is 6.35. The lowest BCUT2D eigenvalue weighted by Crippen LogP contribution is -2.24. The van der Waals surface area contributed by atoms with Gasteiger partial charge in [-0.1, -0.05) is 6.07 Å². The van der Waals surface area contributed by atoms with Crippen molar-refractivity contribution in [2.45, 2.75) is 59.0 Å². The van der Waals surface area contributed by atoms with Crippen LogP contribution in [0.5, 0.6) is 0 Å². The number of hydrogen-bond acceptors (Lipinski definition) is 6. The van der Waals surface area contributed by atoms with Gasteiger partial charge in [0.1, 0.15) is 22.3 Å². The quantitative estimate of drug-likeness (QED) is 0.233. The SMILES string of the molecule is Cc1csc(-c2ccc3c(=O)n(-c4ccc(F)cc4)c(CCCCC(=O)OC(C)(C)C)nc3c2)n1. The molecule has 0 unspecified atom stereocenters. The van der Waals surface area contributed by atoms with Gasteiger partial charge in [0.05, 0.1) is 16.6 Å². The highest BCUT2D eigenvalue weighted by molar-refractivity contribution is 7.13. The lowest BCUT2D eigenvalue weighted by molar-refractivity contribution is -0.154. The second kappa shape index (κ2) is 10.1. The zero-order valence-electron chi connectivity index (χ0n) is 20.3. The van der Waals surface area contributed by atoms with Crippen molar-refractivity contribution in [2.24, 2.45) is 0 Å². The molecule has 6 nitrogen and oxygen atoms in total. The Kier molecular flexibility index (Phi) is 7.12. The summed E-state index contributed by atoms with van der Waals surface area (Å²) in [6.07, 6.45) is 2.01. The number of fused-ring (bicyclic) bond motifs is 1. The van der Waals surface area contributed by atoms with Crippen molar-refractivity contribution in [3.63, 3.8) is 0 Å². The maximum atomic E-state index is 13.6. The first-order valence-corrected chi connectivity index (χ1v) is 12.4. The number of rotatable bonds is 7. The maximum Gasteiger partial charge on any atom is 0.306 e. The Morgan fingerprint density at radius 3 is 2.49 bits per heavy atom. The fraction of sp³-hybridized carbons (Fsp3) is 0.333. The van der Waals surface area contributed by atoms with Crippen molar-refractivity contribution >= 4 is 28.2 Å². The van der Waals surface area contributed by atoms with Crippen LogP contribution < -0.4 is 5.56 Å². The van der Waals surface area contributed by atoms with E-state index in [1.807, 2.05) is 45.2 Å². The number of hydrogen-bond donors (Lipinski definition) is 0. The summed E-state index contributed by atoms with van der Waals surface area (Å²) in [6, 6.07) is 11.3. The maximum absolute atomic E-state index is 13.6. The summed E-state index contributed by atoms with van der Waals surface area (Å²) < 4.78 is 20.5. The van der Waals surface area contributed by atoms with Crippen LogP contribution in [0, 0.1) is 12.7 Å². The van der Waals surface area contributed by atoms with Gasteiger partial charge in [-0.15, -0.1) is 11.3 Å². The third-order valence-electron chi connectivity index (χ3n) is 5.34. The van der Waals surface area contributed by atoms with Crippen LogP contribution in [0.1, 0.15) is 51.6 Å². The third kappa shape index (κ3) is 6.00. The molecule has 0 amide bonds. The molecular weight excluding hydrogens is 465 g/mol. The molecule has 0 aliphatic heterocycles. The Bertz CT molecular complexity index is 1420. The van der Waals surface area contributed by atoms with Crippen molar-refractivity contribution in [1.29, 1.82) is 0 Å². The molecule has 0 N–H and O–H groups in total. The van der Waals surface area contributed by atoms with Crippen LogP contribution in [-0.2, 0) is 16.0 Å². The molecule has 0 bridgehead atoms. The number of unbranched alkanes of at least 4 members (excludes halogenated alkanes) is 1. The number of halogens is 1. The van der Waals surface area contributed by atoms with Crippen molar-refractivity contribution in [3.8, 4) is 16.3 Å². The minimum absolute atomic E-state index is 0.217. The lowest BCUT2D eigenvalue weighted by Gasteiger charge is -2.19. The molecule has 8 heteroatoms. The minimum Gasteiger partial charge on any atom is -0.460 e. The van der Waals surface area contributed by atoms with E-state index in [0.29, 0.717) is 48.1 Å². The van der Waals surface area contributed by atoms with Gasteiger partial charge >= 0.3 is 5.97 Å². The molecular formula is C27H28FN3O3S. The Morgan fingerprint density at radius 2 is 1.83 bits per heavy atom. The summed E-state index contributed by atoms with van der Waals surface area (Å²) in [4.78, 5) is 35.0. The Hall–Kier alpha value is -3.39. The summed E-state index contributed by atoms with van der Waals surface area (Å²) in [5.74, 6) is -0.0631. The van der Waals surface area contributed by atoms with Crippen LogP contribution in [0.25, 0.3) is 27.2 Å². The Morgan fingerprint density at radius 1 is 1.09 bits per heavy atom. The monoisotopic (exact) mass is 493 g/mol. The van der Waals surface area contributed by atoms with Gasteiger partial charge in [0.15, 0.2) is 0 Å². The first kappa shape index (κ1) is 24.7. The first-order valence-electron chi connectivity index (χ1n) is 11.6. The minimum atomic E-state index is -0.520. The molecule has 182 valence electrons. The van der Waals surface area contributed by atoms with Crippen LogP contribution in [0.3, 0.4) is 0 Å². The van der Waals surface area contributed by atoms with Gasteiger partial charge in [-0.05, 0) is 76.9 Å².